The largest absolute Gasteiger partial charge is 0.354 e. The van der Waals surface area contributed by atoms with E-state index in [1.807, 2.05) is 39.0 Å². The van der Waals surface area contributed by atoms with E-state index in [1.54, 1.807) is 17.0 Å². The number of aryl methyl sites for hydroxylation is 2. The van der Waals surface area contributed by atoms with Gasteiger partial charge in [-0.1, -0.05) is 78.9 Å². The number of carbonyl (C=O) groups excluding carboxylic acids is 2. The summed E-state index contributed by atoms with van der Waals surface area (Å²) in [7, 11) is 0. The van der Waals surface area contributed by atoms with Crippen molar-refractivity contribution in [2.75, 3.05) is 6.54 Å². The fourth-order valence-electron chi connectivity index (χ4n) is 3.71. The zero-order chi connectivity index (χ0) is 23.0. The van der Waals surface area contributed by atoms with Crippen LogP contribution in [0.2, 0.25) is 10.0 Å². The summed E-state index contributed by atoms with van der Waals surface area (Å²) in [6, 6.07) is 10.8. The summed E-state index contributed by atoms with van der Waals surface area (Å²) in [5.41, 5.74) is 3.93. The van der Waals surface area contributed by atoms with E-state index < -0.39 is 6.04 Å². The second-order valence-electron chi connectivity index (χ2n) is 8.00. The number of halogens is 2. The minimum Gasteiger partial charge on any atom is -0.354 e. The van der Waals surface area contributed by atoms with E-state index in [2.05, 4.69) is 18.3 Å². The van der Waals surface area contributed by atoms with Crippen molar-refractivity contribution in [3.8, 4) is 0 Å². The van der Waals surface area contributed by atoms with Crippen molar-refractivity contribution in [1.29, 1.82) is 0 Å². The van der Waals surface area contributed by atoms with Gasteiger partial charge in [0.25, 0.3) is 0 Å². The quantitative estimate of drug-likeness (QED) is 0.448. The number of hydrogen-bond donors (Lipinski definition) is 1. The van der Waals surface area contributed by atoms with Crippen molar-refractivity contribution in [2.45, 2.75) is 66.0 Å². The van der Waals surface area contributed by atoms with Crippen LogP contribution in [0, 0.1) is 13.8 Å². The van der Waals surface area contributed by atoms with E-state index >= 15 is 0 Å². The van der Waals surface area contributed by atoms with Gasteiger partial charge in [-0.25, -0.2) is 0 Å². The van der Waals surface area contributed by atoms with Gasteiger partial charge >= 0.3 is 0 Å². The van der Waals surface area contributed by atoms with Crippen molar-refractivity contribution in [3.63, 3.8) is 0 Å². The Balaban J connectivity index is 2.32. The van der Waals surface area contributed by atoms with Gasteiger partial charge in [-0.2, -0.15) is 0 Å². The highest BCUT2D eigenvalue weighted by Gasteiger charge is 2.29. The number of carbonyl (C=O) groups is 2. The molecule has 2 amide bonds. The molecule has 31 heavy (non-hydrogen) atoms. The number of amides is 2. The number of unbranched alkanes of at least 4 members (excludes halogenated alkanes) is 1. The Hall–Kier alpha value is -2.04. The monoisotopic (exact) mass is 462 g/mol. The third-order valence-electron chi connectivity index (χ3n) is 5.21. The molecule has 6 heteroatoms. The molecule has 0 aromatic heterocycles. The highest BCUT2D eigenvalue weighted by molar-refractivity contribution is 6.35. The summed E-state index contributed by atoms with van der Waals surface area (Å²) in [6.07, 6.45) is 2.64. The van der Waals surface area contributed by atoms with E-state index in [0.717, 1.165) is 35.1 Å². The predicted molar refractivity (Wildman–Crippen MR) is 129 cm³/mol. The Kier molecular flexibility index (Phi) is 9.86. The average molecular weight is 463 g/mol. The van der Waals surface area contributed by atoms with Gasteiger partial charge in [0.1, 0.15) is 6.04 Å². The molecular weight excluding hydrogens is 431 g/mol. The van der Waals surface area contributed by atoms with Crippen LogP contribution in [0.1, 0.15) is 55.4 Å². The van der Waals surface area contributed by atoms with Crippen LogP contribution in [0.25, 0.3) is 0 Å². The molecule has 0 spiro atoms. The van der Waals surface area contributed by atoms with Crippen LogP contribution in [0.4, 0.5) is 0 Å². The molecule has 0 unspecified atom stereocenters. The molecule has 0 saturated carbocycles. The van der Waals surface area contributed by atoms with Crippen molar-refractivity contribution < 1.29 is 9.59 Å². The van der Waals surface area contributed by atoms with Gasteiger partial charge in [0.15, 0.2) is 0 Å². The summed E-state index contributed by atoms with van der Waals surface area (Å²) in [4.78, 5) is 28.0. The van der Waals surface area contributed by atoms with Crippen molar-refractivity contribution >= 4 is 35.0 Å². The molecule has 1 N–H and O–H groups in total. The van der Waals surface area contributed by atoms with E-state index in [0.29, 0.717) is 23.0 Å². The zero-order valence-electron chi connectivity index (χ0n) is 18.8. The van der Waals surface area contributed by atoms with Crippen molar-refractivity contribution in [3.05, 3.63) is 68.7 Å². The summed E-state index contributed by atoms with van der Waals surface area (Å²) in [6.45, 7) is 8.88. The fraction of sp³-hybridized carbons (Fsp3) is 0.440. The molecule has 0 aliphatic carbocycles. The maximum Gasteiger partial charge on any atom is 0.242 e. The maximum absolute atomic E-state index is 13.4. The summed E-state index contributed by atoms with van der Waals surface area (Å²) in [5, 5.41) is 3.99. The lowest BCUT2D eigenvalue weighted by Gasteiger charge is -2.31. The topological polar surface area (TPSA) is 49.4 Å². The fourth-order valence-corrected chi connectivity index (χ4v) is 4.17. The Morgan fingerprint density at radius 2 is 1.71 bits per heavy atom. The first-order chi connectivity index (χ1) is 14.7. The summed E-state index contributed by atoms with van der Waals surface area (Å²) < 4.78 is 0. The third kappa shape index (κ3) is 7.55. The summed E-state index contributed by atoms with van der Waals surface area (Å²) >= 11 is 12.4. The molecule has 0 aliphatic heterocycles. The molecular formula is C25H32Cl2N2O2. The second kappa shape index (κ2) is 12.1. The molecule has 2 rings (SSSR count). The Labute approximate surface area is 195 Å². The molecule has 0 heterocycles. The van der Waals surface area contributed by atoms with Crippen molar-refractivity contribution in [1.82, 2.24) is 10.2 Å². The Morgan fingerprint density at radius 1 is 1.03 bits per heavy atom. The molecule has 0 aliphatic rings. The number of nitrogens with one attached hydrogen (secondary N) is 1. The van der Waals surface area contributed by atoms with Gasteiger partial charge in [0, 0.05) is 23.1 Å². The van der Waals surface area contributed by atoms with Gasteiger partial charge in [-0.05, 0) is 49.9 Å². The molecule has 0 bridgehead atoms. The molecule has 4 nitrogen and oxygen atoms in total. The van der Waals surface area contributed by atoms with Gasteiger partial charge in [-0.15, -0.1) is 0 Å². The van der Waals surface area contributed by atoms with Crippen LogP contribution in [-0.2, 0) is 22.6 Å². The molecule has 2 aromatic rings. The predicted octanol–water partition coefficient (Wildman–Crippen LogP) is 5.88. The molecule has 0 fully saturated rings. The molecule has 168 valence electrons. The standard InChI is InChI=1S/C25H32Cl2N2O2/c1-5-7-10-28-25(31)23(6-2)29(16-20-8-9-21(26)15-22(20)27)24(30)14-19-12-17(3)11-18(4)13-19/h8-9,11-13,15,23H,5-7,10,14,16H2,1-4H3,(H,28,31)/t23-/m1/s1. The lowest BCUT2D eigenvalue weighted by Crippen LogP contribution is -2.49. The minimum absolute atomic E-state index is 0.103. The van der Waals surface area contributed by atoms with E-state index in [1.165, 1.54) is 0 Å². The number of rotatable bonds is 10. The lowest BCUT2D eigenvalue weighted by molar-refractivity contribution is -0.140. The third-order valence-corrected chi connectivity index (χ3v) is 5.80. The van der Waals surface area contributed by atoms with Crippen LogP contribution in [0.3, 0.4) is 0 Å². The normalized spacial score (nSPS) is 11.8. The van der Waals surface area contributed by atoms with Crippen LogP contribution in [0.15, 0.2) is 36.4 Å². The smallest absolute Gasteiger partial charge is 0.242 e. The molecule has 2 aromatic carbocycles. The lowest BCUT2D eigenvalue weighted by atomic mass is 10.0. The minimum atomic E-state index is -0.568. The van der Waals surface area contributed by atoms with Crippen LogP contribution < -0.4 is 5.32 Å². The van der Waals surface area contributed by atoms with Gasteiger partial charge < -0.3 is 10.2 Å². The number of benzene rings is 2. The van der Waals surface area contributed by atoms with Crippen LogP contribution in [-0.4, -0.2) is 29.3 Å². The highest BCUT2D eigenvalue weighted by atomic mass is 35.5. The first kappa shape index (κ1) is 25.2. The van der Waals surface area contributed by atoms with Gasteiger partial charge in [-0.3, -0.25) is 9.59 Å². The van der Waals surface area contributed by atoms with Gasteiger partial charge in [0.05, 0.1) is 6.42 Å². The average Bonchev–Trinajstić information content (AvgIpc) is 2.68. The zero-order valence-corrected chi connectivity index (χ0v) is 20.3. The second-order valence-corrected chi connectivity index (χ2v) is 8.84. The highest BCUT2D eigenvalue weighted by Crippen LogP contribution is 2.24. The number of hydrogen-bond acceptors (Lipinski definition) is 2. The first-order valence-electron chi connectivity index (χ1n) is 10.8. The van der Waals surface area contributed by atoms with E-state index in [-0.39, 0.29) is 24.8 Å². The number of nitrogens with zero attached hydrogens (tertiary/aromatic N) is 1. The Morgan fingerprint density at radius 3 is 2.29 bits per heavy atom. The maximum atomic E-state index is 13.4. The van der Waals surface area contributed by atoms with Crippen molar-refractivity contribution in [2.24, 2.45) is 0 Å². The summed E-state index contributed by atoms with van der Waals surface area (Å²) in [5.74, 6) is -0.233. The Bertz CT molecular complexity index is 894. The molecule has 0 radical (unpaired) electrons. The van der Waals surface area contributed by atoms with Crippen LogP contribution in [0.5, 0.6) is 0 Å². The van der Waals surface area contributed by atoms with E-state index in [9.17, 15) is 9.59 Å². The van der Waals surface area contributed by atoms with Gasteiger partial charge in [0.2, 0.25) is 11.8 Å². The molecule has 0 saturated heterocycles. The SMILES string of the molecule is CCCCNC(=O)[C@@H](CC)N(Cc1ccc(Cl)cc1Cl)C(=O)Cc1cc(C)cc(C)c1. The van der Waals surface area contributed by atoms with Crippen LogP contribution >= 0.6 is 23.2 Å². The first-order valence-corrected chi connectivity index (χ1v) is 11.6. The van der Waals surface area contributed by atoms with E-state index in [4.69, 9.17) is 23.2 Å². The molecule has 1 atom stereocenters.